The normalized spacial score (nSPS) is 23.0. The first-order chi connectivity index (χ1) is 16.3. The molecule has 5 heterocycles. The van der Waals surface area contributed by atoms with Crippen LogP contribution in [0.2, 0.25) is 0 Å². The number of carbonyl (C=O) groups is 2. The average Bonchev–Trinajstić information content (AvgIpc) is 3.56. The number of allylic oxidation sites excluding steroid dienone is 1. The maximum absolute atomic E-state index is 13.7. The van der Waals surface area contributed by atoms with Gasteiger partial charge < -0.3 is 19.7 Å². The van der Waals surface area contributed by atoms with E-state index in [-0.39, 0.29) is 30.9 Å². The Hall–Kier alpha value is -3.86. The van der Waals surface area contributed by atoms with E-state index >= 15 is 0 Å². The van der Waals surface area contributed by atoms with E-state index in [0.29, 0.717) is 12.5 Å². The first-order valence-corrected chi connectivity index (χ1v) is 11.0. The van der Waals surface area contributed by atoms with Crippen molar-refractivity contribution in [2.45, 2.75) is 18.5 Å². The van der Waals surface area contributed by atoms with Crippen molar-refractivity contribution in [3.05, 3.63) is 66.1 Å². The standard InChI is InChI=1S/C23H23F2N7O2/c1-28-22(34)30-9-7-16(11-19(30)27-28)32-14-31(15-5-3-2-4-6-15)18-12-17(26-20(18)32)21(33)29-10-8-23(24,25)13-29/h2-7,9,11-12,19,26-27H,8,10,13-14H2,1H3. The van der Waals surface area contributed by atoms with Gasteiger partial charge in [0, 0.05) is 37.6 Å². The van der Waals surface area contributed by atoms with Gasteiger partial charge in [0.05, 0.1) is 12.2 Å². The fourth-order valence-electron chi connectivity index (χ4n) is 4.80. The number of fused-ring (bicyclic) bond motifs is 2. The molecule has 6 rings (SSSR count). The molecule has 0 radical (unpaired) electrons. The Balaban J connectivity index is 1.35. The monoisotopic (exact) mass is 467 g/mol. The van der Waals surface area contributed by atoms with Crippen LogP contribution >= 0.6 is 0 Å². The Morgan fingerprint density at radius 1 is 1.18 bits per heavy atom. The van der Waals surface area contributed by atoms with E-state index in [1.54, 1.807) is 24.2 Å². The molecule has 3 amide bonds. The predicted octanol–water partition coefficient (Wildman–Crippen LogP) is 3.02. The summed E-state index contributed by atoms with van der Waals surface area (Å²) in [6.07, 6.45) is 4.86. The number of benzene rings is 1. The number of H-pyrrole nitrogens is 1. The highest BCUT2D eigenvalue weighted by atomic mass is 19.3. The number of aromatic amines is 1. The zero-order valence-electron chi connectivity index (χ0n) is 18.4. The van der Waals surface area contributed by atoms with Crippen molar-refractivity contribution in [1.29, 1.82) is 0 Å². The minimum Gasteiger partial charge on any atom is -0.335 e. The molecule has 11 heteroatoms. The number of hydrogen-bond acceptors (Lipinski definition) is 5. The quantitative estimate of drug-likeness (QED) is 0.726. The maximum Gasteiger partial charge on any atom is 0.339 e. The number of nitrogens with one attached hydrogen (secondary N) is 2. The molecule has 1 unspecified atom stereocenters. The van der Waals surface area contributed by atoms with Gasteiger partial charge >= 0.3 is 6.03 Å². The van der Waals surface area contributed by atoms with Crippen molar-refractivity contribution in [3.8, 4) is 0 Å². The number of urea groups is 1. The average molecular weight is 467 g/mol. The molecule has 0 spiro atoms. The van der Waals surface area contributed by atoms with Crippen molar-refractivity contribution >= 4 is 29.1 Å². The fourth-order valence-corrected chi connectivity index (χ4v) is 4.80. The van der Waals surface area contributed by atoms with E-state index in [1.807, 2.05) is 47.4 Å². The van der Waals surface area contributed by atoms with Crippen LogP contribution in [0, 0.1) is 0 Å². The Kier molecular flexibility index (Phi) is 4.46. The molecule has 1 aromatic heterocycles. The summed E-state index contributed by atoms with van der Waals surface area (Å²) in [5.74, 6) is -2.60. The van der Waals surface area contributed by atoms with Gasteiger partial charge in [-0.3, -0.25) is 14.7 Å². The van der Waals surface area contributed by atoms with Crippen molar-refractivity contribution < 1.29 is 18.4 Å². The van der Waals surface area contributed by atoms with Gasteiger partial charge in [0.25, 0.3) is 11.8 Å². The summed E-state index contributed by atoms with van der Waals surface area (Å²) in [7, 11) is 1.66. The summed E-state index contributed by atoms with van der Waals surface area (Å²) >= 11 is 0. The minimum absolute atomic E-state index is 0.0280. The topological polar surface area (TPSA) is 78.2 Å². The fraction of sp³-hybridized carbons (Fsp3) is 0.304. The molecule has 4 aliphatic rings. The van der Waals surface area contributed by atoms with Gasteiger partial charge in [-0.15, -0.1) is 0 Å². The van der Waals surface area contributed by atoms with Crippen molar-refractivity contribution in [3.63, 3.8) is 0 Å². The molecule has 2 fully saturated rings. The van der Waals surface area contributed by atoms with Crippen LogP contribution in [-0.4, -0.2) is 70.6 Å². The van der Waals surface area contributed by atoms with Crippen LogP contribution < -0.4 is 15.2 Å². The Morgan fingerprint density at radius 2 is 1.97 bits per heavy atom. The van der Waals surface area contributed by atoms with Crippen LogP contribution in [0.25, 0.3) is 0 Å². The Bertz CT molecular complexity index is 1230. The van der Waals surface area contributed by atoms with Crippen LogP contribution in [0.4, 0.5) is 30.8 Å². The Morgan fingerprint density at radius 3 is 2.71 bits per heavy atom. The number of carbonyl (C=O) groups excluding carboxylic acids is 2. The number of para-hydroxylation sites is 1. The molecule has 0 bridgehead atoms. The van der Waals surface area contributed by atoms with Gasteiger partial charge in [-0.2, -0.15) is 0 Å². The number of alkyl halides is 2. The largest absolute Gasteiger partial charge is 0.339 e. The van der Waals surface area contributed by atoms with Crippen molar-refractivity contribution in [2.75, 3.05) is 36.6 Å². The number of anilines is 3. The second kappa shape index (κ2) is 7.32. The predicted molar refractivity (Wildman–Crippen MR) is 121 cm³/mol. The van der Waals surface area contributed by atoms with Gasteiger partial charge in [-0.05, 0) is 30.4 Å². The smallest absolute Gasteiger partial charge is 0.335 e. The van der Waals surface area contributed by atoms with Crippen LogP contribution in [0.15, 0.2) is 60.4 Å². The third-order valence-electron chi connectivity index (χ3n) is 6.56. The van der Waals surface area contributed by atoms with E-state index < -0.39 is 18.4 Å². The number of likely N-dealkylation sites (tertiary alicyclic amines) is 1. The molecule has 0 saturated carbocycles. The third kappa shape index (κ3) is 3.23. The van der Waals surface area contributed by atoms with E-state index in [9.17, 15) is 18.4 Å². The molecule has 2 N–H and O–H groups in total. The number of hydrazine groups is 1. The van der Waals surface area contributed by atoms with Gasteiger partial charge in [0.1, 0.15) is 24.3 Å². The Labute approximate surface area is 194 Å². The summed E-state index contributed by atoms with van der Waals surface area (Å²) in [5.41, 5.74) is 5.92. The molecule has 9 nitrogen and oxygen atoms in total. The van der Waals surface area contributed by atoms with Gasteiger partial charge in [-0.25, -0.2) is 19.0 Å². The van der Waals surface area contributed by atoms with Gasteiger partial charge in [0.15, 0.2) is 0 Å². The summed E-state index contributed by atoms with van der Waals surface area (Å²) in [6.45, 7) is -0.0609. The molecule has 0 aliphatic carbocycles. The van der Waals surface area contributed by atoms with E-state index in [2.05, 4.69) is 15.3 Å². The van der Waals surface area contributed by atoms with Crippen molar-refractivity contribution in [2.24, 2.45) is 0 Å². The lowest BCUT2D eigenvalue weighted by Crippen LogP contribution is -2.37. The number of nitrogens with zero attached hydrogens (tertiary/aromatic N) is 5. The second-order valence-electron chi connectivity index (χ2n) is 8.81. The SMILES string of the molecule is CN1NC2C=C(N3CN(c4ccccc4)c4cc(C(=O)N5CCC(F)(F)C5)[nH]c43)C=CN2C1=O. The van der Waals surface area contributed by atoms with E-state index in [1.165, 1.54) is 9.91 Å². The van der Waals surface area contributed by atoms with E-state index in [4.69, 9.17) is 0 Å². The summed E-state index contributed by atoms with van der Waals surface area (Å²) in [6, 6.07) is 11.3. The lowest BCUT2D eigenvalue weighted by Gasteiger charge is -2.27. The maximum atomic E-state index is 13.7. The summed E-state index contributed by atoms with van der Waals surface area (Å²) in [5, 5.41) is 1.43. The lowest BCUT2D eigenvalue weighted by atomic mass is 10.2. The molecular formula is C23H23F2N7O2. The molecule has 176 valence electrons. The second-order valence-corrected chi connectivity index (χ2v) is 8.81. The van der Waals surface area contributed by atoms with Crippen LogP contribution in [0.1, 0.15) is 16.9 Å². The van der Waals surface area contributed by atoms with Gasteiger partial charge in [0.2, 0.25) is 0 Å². The molecule has 2 saturated heterocycles. The van der Waals surface area contributed by atoms with Gasteiger partial charge in [-0.1, -0.05) is 18.2 Å². The van der Waals surface area contributed by atoms with Crippen LogP contribution in [0.5, 0.6) is 0 Å². The molecule has 1 aromatic carbocycles. The summed E-state index contributed by atoms with van der Waals surface area (Å²) in [4.78, 5) is 35.3. The highest BCUT2D eigenvalue weighted by Crippen LogP contribution is 2.43. The number of aromatic nitrogens is 1. The zero-order valence-corrected chi connectivity index (χ0v) is 18.4. The third-order valence-corrected chi connectivity index (χ3v) is 6.56. The molecule has 1 atom stereocenters. The number of hydrogen-bond donors (Lipinski definition) is 2. The van der Waals surface area contributed by atoms with Crippen LogP contribution in [-0.2, 0) is 0 Å². The lowest BCUT2D eigenvalue weighted by molar-refractivity contribution is 0.0119. The van der Waals surface area contributed by atoms with E-state index in [0.717, 1.165) is 17.1 Å². The van der Waals surface area contributed by atoms with Crippen LogP contribution in [0.3, 0.4) is 0 Å². The molecule has 4 aliphatic heterocycles. The van der Waals surface area contributed by atoms with Crippen molar-refractivity contribution in [1.82, 2.24) is 25.2 Å². The minimum atomic E-state index is -2.85. The summed E-state index contributed by atoms with van der Waals surface area (Å²) < 4.78 is 27.4. The highest BCUT2D eigenvalue weighted by molar-refractivity contribution is 5.97. The number of rotatable bonds is 3. The molecule has 34 heavy (non-hydrogen) atoms. The number of amides is 3. The first kappa shape index (κ1) is 20.7. The molecule has 2 aromatic rings. The number of halogens is 2. The first-order valence-electron chi connectivity index (χ1n) is 11.0. The highest BCUT2D eigenvalue weighted by Gasteiger charge is 2.42. The molecular weight excluding hydrogens is 444 g/mol. The zero-order chi connectivity index (χ0) is 23.6.